The van der Waals surface area contributed by atoms with Gasteiger partial charge in [0, 0.05) is 36.7 Å². The number of rotatable bonds is 5. The van der Waals surface area contributed by atoms with Crippen molar-refractivity contribution in [2.24, 2.45) is 5.92 Å². The van der Waals surface area contributed by atoms with Crippen molar-refractivity contribution < 1.29 is 0 Å². The van der Waals surface area contributed by atoms with Crippen molar-refractivity contribution in [3.63, 3.8) is 0 Å². The molecule has 1 saturated heterocycles. The first-order chi connectivity index (χ1) is 8.16. The number of nitrogens with one attached hydrogen (secondary N) is 1. The van der Waals surface area contributed by atoms with E-state index in [1.165, 1.54) is 64.2 Å². The van der Waals surface area contributed by atoms with Crippen molar-refractivity contribution in [3.8, 4) is 0 Å². The second-order valence-corrected chi connectivity index (χ2v) is 8.04. The summed E-state index contributed by atoms with van der Waals surface area (Å²) in [4.78, 5) is 2.62. The van der Waals surface area contributed by atoms with E-state index in [1.807, 2.05) is 0 Å². The van der Waals surface area contributed by atoms with E-state index in [9.17, 15) is 0 Å². The van der Waals surface area contributed by atoms with E-state index in [1.54, 1.807) is 0 Å². The lowest BCUT2D eigenvalue weighted by Gasteiger charge is -2.37. The Morgan fingerprint density at radius 3 is 2.76 bits per heavy atom. The number of hydrogen-bond acceptors (Lipinski definition) is 3. The zero-order chi connectivity index (χ0) is 12.1. The zero-order valence-corrected chi connectivity index (χ0v) is 12.3. The van der Waals surface area contributed by atoms with Crippen LogP contribution in [0, 0.1) is 5.92 Å². The van der Waals surface area contributed by atoms with Gasteiger partial charge in [-0.05, 0) is 39.2 Å². The average Bonchev–Trinajstić information content (AvgIpc) is 2.76. The fourth-order valence-electron chi connectivity index (χ4n) is 3.06. The molecule has 0 radical (unpaired) electrons. The lowest BCUT2D eigenvalue weighted by molar-refractivity contribution is 0.258. The van der Waals surface area contributed by atoms with Crippen LogP contribution in [0.1, 0.15) is 39.5 Å². The molecule has 0 unspecified atom stereocenters. The van der Waals surface area contributed by atoms with Crippen molar-refractivity contribution in [1.29, 1.82) is 0 Å². The van der Waals surface area contributed by atoms with Gasteiger partial charge in [-0.1, -0.05) is 12.8 Å². The normalized spacial score (nSPS) is 26.5. The summed E-state index contributed by atoms with van der Waals surface area (Å²) in [5.74, 6) is 2.28. The van der Waals surface area contributed by atoms with Crippen molar-refractivity contribution in [2.45, 2.75) is 44.3 Å². The predicted molar refractivity (Wildman–Crippen MR) is 77.8 cm³/mol. The van der Waals surface area contributed by atoms with Crippen LogP contribution < -0.4 is 5.32 Å². The molecule has 0 aromatic rings. The Morgan fingerprint density at radius 2 is 2.06 bits per heavy atom. The van der Waals surface area contributed by atoms with Crippen LogP contribution in [0.4, 0.5) is 0 Å². The van der Waals surface area contributed by atoms with Crippen LogP contribution in [0.2, 0.25) is 0 Å². The van der Waals surface area contributed by atoms with Crippen LogP contribution in [0.15, 0.2) is 0 Å². The molecule has 2 aliphatic rings. The minimum atomic E-state index is 0.462. The van der Waals surface area contributed by atoms with Gasteiger partial charge in [0.1, 0.15) is 0 Å². The third-order valence-electron chi connectivity index (χ3n) is 4.02. The monoisotopic (exact) mass is 256 g/mol. The summed E-state index contributed by atoms with van der Waals surface area (Å²) in [6.07, 6.45) is 5.84. The van der Waals surface area contributed by atoms with E-state index in [0.29, 0.717) is 4.75 Å². The molecule has 2 fully saturated rings. The van der Waals surface area contributed by atoms with Gasteiger partial charge in [0.25, 0.3) is 0 Å². The minimum absolute atomic E-state index is 0.462. The van der Waals surface area contributed by atoms with Crippen LogP contribution >= 0.6 is 11.8 Å². The van der Waals surface area contributed by atoms with Crippen LogP contribution in [0.3, 0.4) is 0 Å². The van der Waals surface area contributed by atoms with Crippen LogP contribution in [-0.4, -0.2) is 48.1 Å². The second-order valence-electron chi connectivity index (χ2n) is 6.24. The number of hydrogen-bond donors (Lipinski definition) is 1. The minimum Gasteiger partial charge on any atom is -0.315 e. The van der Waals surface area contributed by atoms with Gasteiger partial charge in [-0.15, -0.1) is 0 Å². The summed E-state index contributed by atoms with van der Waals surface area (Å²) in [7, 11) is 0. The highest BCUT2D eigenvalue weighted by Gasteiger charge is 2.26. The summed E-state index contributed by atoms with van der Waals surface area (Å²) < 4.78 is 0.462. The molecule has 100 valence electrons. The maximum atomic E-state index is 3.65. The van der Waals surface area contributed by atoms with Gasteiger partial charge in [-0.3, -0.25) is 4.90 Å². The Balaban J connectivity index is 1.55. The molecule has 2 rings (SSSR count). The molecule has 2 nitrogen and oxygen atoms in total. The molecule has 1 aliphatic carbocycles. The highest BCUT2D eigenvalue weighted by Crippen LogP contribution is 2.29. The zero-order valence-electron chi connectivity index (χ0n) is 11.5. The van der Waals surface area contributed by atoms with Gasteiger partial charge < -0.3 is 5.32 Å². The highest BCUT2D eigenvalue weighted by molar-refractivity contribution is 8.00. The third-order valence-corrected chi connectivity index (χ3v) is 5.31. The summed E-state index contributed by atoms with van der Waals surface area (Å²) >= 11 is 2.12. The van der Waals surface area contributed by atoms with Gasteiger partial charge >= 0.3 is 0 Å². The van der Waals surface area contributed by atoms with Crippen molar-refractivity contribution in [3.05, 3.63) is 0 Å². The predicted octanol–water partition coefficient (Wildman–Crippen LogP) is 2.59. The first-order valence-electron chi connectivity index (χ1n) is 7.23. The topological polar surface area (TPSA) is 15.3 Å². The second kappa shape index (κ2) is 6.44. The molecule has 0 atom stereocenters. The summed E-state index contributed by atoms with van der Waals surface area (Å²) in [5, 5.41) is 3.65. The lowest BCUT2D eigenvalue weighted by Crippen LogP contribution is -2.45. The Morgan fingerprint density at radius 1 is 1.29 bits per heavy atom. The molecular weight excluding hydrogens is 228 g/mol. The molecule has 0 bridgehead atoms. The van der Waals surface area contributed by atoms with Gasteiger partial charge in [-0.2, -0.15) is 11.8 Å². The summed E-state index contributed by atoms with van der Waals surface area (Å²) in [5.41, 5.74) is 0. The summed E-state index contributed by atoms with van der Waals surface area (Å²) in [6, 6.07) is 0. The van der Waals surface area contributed by atoms with Crippen molar-refractivity contribution in [2.75, 3.05) is 38.5 Å². The fraction of sp³-hybridized carbons (Fsp3) is 1.00. The van der Waals surface area contributed by atoms with E-state index in [-0.39, 0.29) is 0 Å². The molecule has 1 saturated carbocycles. The highest BCUT2D eigenvalue weighted by atomic mass is 32.2. The largest absolute Gasteiger partial charge is 0.315 e. The first kappa shape index (κ1) is 13.7. The molecule has 3 heteroatoms. The fourth-order valence-corrected chi connectivity index (χ4v) is 4.24. The molecule has 1 heterocycles. The average molecular weight is 256 g/mol. The van der Waals surface area contributed by atoms with Crippen LogP contribution in [0.25, 0.3) is 0 Å². The molecule has 17 heavy (non-hydrogen) atoms. The standard InChI is InChI=1S/C14H28N2S/c1-14(2)12-16(9-10-17-14)8-7-15-11-13-5-3-4-6-13/h13,15H,3-12H2,1-2H3. The molecule has 0 aromatic carbocycles. The maximum Gasteiger partial charge on any atom is 0.0231 e. The van der Waals surface area contributed by atoms with E-state index in [4.69, 9.17) is 0 Å². The number of thioether (sulfide) groups is 1. The van der Waals surface area contributed by atoms with Crippen molar-refractivity contribution >= 4 is 11.8 Å². The van der Waals surface area contributed by atoms with Crippen LogP contribution in [-0.2, 0) is 0 Å². The van der Waals surface area contributed by atoms with Gasteiger partial charge in [0.2, 0.25) is 0 Å². The Labute approximate surface area is 111 Å². The molecule has 0 amide bonds. The SMILES string of the molecule is CC1(C)CN(CCNCC2CCCC2)CCS1. The quantitative estimate of drug-likeness (QED) is 0.761. The third kappa shape index (κ3) is 4.80. The lowest BCUT2D eigenvalue weighted by atomic mass is 10.1. The first-order valence-corrected chi connectivity index (χ1v) is 8.21. The molecule has 0 aromatic heterocycles. The Bertz CT molecular complexity index is 224. The van der Waals surface area contributed by atoms with Crippen molar-refractivity contribution in [1.82, 2.24) is 10.2 Å². The number of nitrogens with zero attached hydrogens (tertiary/aromatic N) is 1. The molecule has 0 spiro atoms. The van der Waals surface area contributed by atoms with E-state index < -0.39 is 0 Å². The van der Waals surface area contributed by atoms with Gasteiger partial charge in [-0.25, -0.2) is 0 Å². The Hall–Kier alpha value is 0.270. The molecular formula is C14H28N2S. The molecule has 1 N–H and O–H groups in total. The van der Waals surface area contributed by atoms with E-state index in [0.717, 1.165) is 5.92 Å². The summed E-state index contributed by atoms with van der Waals surface area (Å²) in [6.45, 7) is 10.9. The van der Waals surface area contributed by atoms with E-state index >= 15 is 0 Å². The van der Waals surface area contributed by atoms with Gasteiger partial charge in [0.05, 0.1) is 0 Å². The van der Waals surface area contributed by atoms with Crippen LogP contribution in [0.5, 0.6) is 0 Å². The van der Waals surface area contributed by atoms with Gasteiger partial charge in [0.15, 0.2) is 0 Å². The Kier molecular flexibility index (Phi) is 5.19. The molecule has 1 aliphatic heterocycles. The maximum absolute atomic E-state index is 3.65. The van der Waals surface area contributed by atoms with E-state index in [2.05, 4.69) is 35.8 Å². The smallest absolute Gasteiger partial charge is 0.0231 e.